The standard InChI is InChI=1S/C22H26N4OS/c1-3-15-12-18-19(13-16(15)4-2)26(20(27)14-25-10-5-6-11-25)21-17(22(28)24-18)8-7-9-23-21/h7-9,12-13H,3-6,10-11,14H2,1-2H3,(H,24,28). The molecular weight excluding hydrogens is 368 g/mol. The van der Waals surface area contributed by atoms with E-state index in [9.17, 15) is 4.79 Å². The van der Waals surface area contributed by atoms with Gasteiger partial charge in [0.05, 0.1) is 23.5 Å². The van der Waals surface area contributed by atoms with Crippen LogP contribution in [0.5, 0.6) is 0 Å². The number of rotatable bonds is 4. The summed E-state index contributed by atoms with van der Waals surface area (Å²) in [5, 5.41) is 3.37. The molecule has 0 saturated carbocycles. The van der Waals surface area contributed by atoms with Crippen LogP contribution in [-0.2, 0) is 17.6 Å². The predicted molar refractivity (Wildman–Crippen MR) is 118 cm³/mol. The summed E-state index contributed by atoms with van der Waals surface area (Å²) in [6.45, 7) is 6.67. The van der Waals surface area contributed by atoms with Crippen molar-refractivity contribution in [3.63, 3.8) is 0 Å². The van der Waals surface area contributed by atoms with E-state index in [1.807, 2.05) is 12.1 Å². The van der Waals surface area contributed by atoms with E-state index in [1.54, 1.807) is 11.1 Å². The molecule has 1 aromatic heterocycles. The molecule has 0 spiro atoms. The Morgan fingerprint density at radius 2 is 1.89 bits per heavy atom. The first kappa shape index (κ1) is 19.0. The molecule has 0 unspecified atom stereocenters. The number of fused-ring (bicyclic) bond motifs is 2. The fraction of sp³-hybridized carbons (Fsp3) is 0.409. The number of carbonyl (C=O) groups excluding carboxylic acids is 1. The molecule has 5 nitrogen and oxygen atoms in total. The van der Waals surface area contributed by atoms with Crippen LogP contribution in [0.15, 0.2) is 30.5 Å². The van der Waals surface area contributed by atoms with Crippen LogP contribution >= 0.6 is 12.2 Å². The predicted octanol–water partition coefficient (Wildman–Crippen LogP) is 4.07. The van der Waals surface area contributed by atoms with Crippen LogP contribution < -0.4 is 10.2 Å². The Kier molecular flexibility index (Phi) is 5.42. The van der Waals surface area contributed by atoms with Gasteiger partial charge in [0.25, 0.3) is 0 Å². The molecule has 2 aromatic rings. The molecule has 146 valence electrons. The maximum atomic E-state index is 13.5. The molecule has 2 aliphatic heterocycles. The van der Waals surface area contributed by atoms with E-state index in [1.165, 1.54) is 11.1 Å². The van der Waals surface area contributed by atoms with Crippen molar-refractivity contribution in [2.75, 3.05) is 29.9 Å². The Morgan fingerprint density at radius 3 is 2.61 bits per heavy atom. The zero-order valence-corrected chi connectivity index (χ0v) is 17.3. The topological polar surface area (TPSA) is 48.5 Å². The van der Waals surface area contributed by atoms with Gasteiger partial charge >= 0.3 is 0 Å². The van der Waals surface area contributed by atoms with Gasteiger partial charge in [0.2, 0.25) is 5.91 Å². The Morgan fingerprint density at radius 1 is 1.18 bits per heavy atom. The zero-order chi connectivity index (χ0) is 19.7. The molecule has 4 rings (SSSR count). The number of likely N-dealkylation sites (tertiary alicyclic amines) is 1. The van der Waals surface area contributed by atoms with Crippen molar-refractivity contribution in [2.24, 2.45) is 0 Å². The van der Waals surface area contributed by atoms with Crippen molar-refractivity contribution in [3.8, 4) is 0 Å². The number of carbonyl (C=O) groups is 1. The minimum Gasteiger partial charge on any atom is -0.344 e. The molecule has 1 fully saturated rings. The second kappa shape index (κ2) is 7.97. The van der Waals surface area contributed by atoms with Crippen LogP contribution in [0.3, 0.4) is 0 Å². The Bertz CT molecular complexity index is 921. The minimum absolute atomic E-state index is 0.0425. The number of nitrogens with zero attached hydrogens (tertiary/aromatic N) is 3. The number of benzene rings is 1. The van der Waals surface area contributed by atoms with E-state index in [0.29, 0.717) is 17.4 Å². The lowest BCUT2D eigenvalue weighted by Crippen LogP contribution is -2.37. The summed E-state index contributed by atoms with van der Waals surface area (Å²) in [5.41, 5.74) is 5.05. The number of amides is 1. The van der Waals surface area contributed by atoms with Crippen molar-refractivity contribution in [3.05, 3.63) is 47.2 Å². The lowest BCUT2D eigenvalue weighted by molar-refractivity contribution is -0.118. The van der Waals surface area contributed by atoms with Crippen LogP contribution in [0.25, 0.3) is 0 Å². The van der Waals surface area contributed by atoms with Crippen LogP contribution in [-0.4, -0.2) is 40.4 Å². The highest BCUT2D eigenvalue weighted by Crippen LogP contribution is 2.39. The fourth-order valence-electron chi connectivity index (χ4n) is 4.13. The normalized spacial score (nSPS) is 16.4. The van der Waals surface area contributed by atoms with Crippen molar-refractivity contribution >= 4 is 40.3 Å². The second-order valence-corrected chi connectivity index (χ2v) is 7.79. The highest BCUT2D eigenvalue weighted by molar-refractivity contribution is 7.81. The summed E-state index contributed by atoms with van der Waals surface area (Å²) in [4.78, 5) is 22.6. The first-order valence-electron chi connectivity index (χ1n) is 10.1. The molecule has 1 amide bonds. The molecular formula is C22H26N4OS. The number of thiocarbonyl (C=S) groups is 1. The van der Waals surface area contributed by atoms with E-state index < -0.39 is 0 Å². The first-order chi connectivity index (χ1) is 13.6. The summed E-state index contributed by atoms with van der Waals surface area (Å²) in [7, 11) is 0. The van der Waals surface area contributed by atoms with Gasteiger partial charge in [-0.3, -0.25) is 14.6 Å². The summed E-state index contributed by atoms with van der Waals surface area (Å²) >= 11 is 5.65. The second-order valence-electron chi connectivity index (χ2n) is 7.39. The van der Waals surface area contributed by atoms with Crippen LogP contribution in [0.2, 0.25) is 0 Å². The first-order valence-corrected chi connectivity index (χ1v) is 10.5. The van der Waals surface area contributed by atoms with Gasteiger partial charge in [-0.15, -0.1) is 0 Å². The smallest absolute Gasteiger partial charge is 0.246 e. The van der Waals surface area contributed by atoms with Crippen LogP contribution in [0.1, 0.15) is 43.4 Å². The highest BCUT2D eigenvalue weighted by Gasteiger charge is 2.31. The quantitative estimate of drug-likeness (QED) is 0.792. The van der Waals surface area contributed by atoms with E-state index in [4.69, 9.17) is 12.2 Å². The average Bonchev–Trinajstić information content (AvgIpc) is 3.17. The molecule has 0 atom stereocenters. The molecule has 3 heterocycles. The number of hydrogen-bond donors (Lipinski definition) is 1. The number of pyridine rings is 1. The maximum absolute atomic E-state index is 13.5. The van der Waals surface area contributed by atoms with Crippen molar-refractivity contribution < 1.29 is 4.79 Å². The Balaban J connectivity index is 1.86. The third-order valence-corrected chi connectivity index (χ3v) is 5.94. The molecule has 2 aliphatic rings. The monoisotopic (exact) mass is 394 g/mol. The van der Waals surface area contributed by atoms with Crippen molar-refractivity contribution in [1.82, 2.24) is 9.88 Å². The fourth-order valence-corrected chi connectivity index (χ4v) is 4.40. The number of aromatic nitrogens is 1. The molecule has 1 N–H and O–H groups in total. The van der Waals surface area contributed by atoms with E-state index >= 15 is 0 Å². The molecule has 6 heteroatoms. The number of anilines is 3. The SMILES string of the molecule is CCc1cc2c(cc1CC)N(C(=O)CN1CCCC1)c1ncccc1C(=S)N2. The Hall–Kier alpha value is -2.31. The number of aryl methyl sites for hydroxylation is 2. The van der Waals surface area contributed by atoms with Gasteiger partial charge in [-0.25, -0.2) is 4.98 Å². The molecule has 0 bridgehead atoms. The van der Waals surface area contributed by atoms with Crippen molar-refractivity contribution in [1.29, 1.82) is 0 Å². The number of nitrogens with one attached hydrogen (secondary N) is 1. The van der Waals surface area contributed by atoms with Gasteiger partial charge in [-0.05, 0) is 74.2 Å². The van der Waals surface area contributed by atoms with E-state index in [2.05, 4.69) is 41.2 Å². The van der Waals surface area contributed by atoms with Gasteiger partial charge in [0, 0.05) is 6.20 Å². The van der Waals surface area contributed by atoms with E-state index in [-0.39, 0.29) is 5.91 Å². The molecule has 1 aromatic carbocycles. The summed E-state index contributed by atoms with van der Waals surface area (Å²) in [6.07, 6.45) is 5.90. The Labute approximate surface area is 171 Å². The van der Waals surface area contributed by atoms with Crippen LogP contribution in [0.4, 0.5) is 17.2 Å². The molecule has 0 radical (unpaired) electrons. The van der Waals surface area contributed by atoms with Gasteiger partial charge < -0.3 is 5.32 Å². The summed E-state index contributed by atoms with van der Waals surface area (Å²) in [6, 6.07) is 8.07. The lowest BCUT2D eigenvalue weighted by atomic mass is 10.00. The van der Waals surface area contributed by atoms with Crippen LogP contribution in [0, 0.1) is 0 Å². The summed E-state index contributed by atoms with van der Waals surface area (Å²) < 4.78 is 0. The minimum atomic E-state index is 0.0425. The van der Waals surface area contributed by atoms with Crippen molar-refractivity contribution in [2.45, 2.75) is 39.5 Å². The number of hydrogen-bond acceptors (Lipinski definition) is 4. The molecule has 28 heavy (non-hydrogen) atoms. The zero-order valence-electron chi connectivity index (χ0n) is 16.5. The third-order valence-electron chi connectivity index (χ3n) is 5.62. The van der Waals surface area contributed by atoms with E-state index in [0.717, 1.165) is 55.7 Å². The molecule has 1 saturated heterocycles. The lowest BCUT2D eigenvalue weighted by Gasteiger charge is -2.26. The third kappa shape index (κ3) is 3.42. The largest absolute Gasteiger partial charge is 0.344 e. The van der Waals surface area contributed by atoms with Gasteiger partial charge in [0.1, 0.15) is 10.8 Å². The average molecular weight is 395 g/mol. The van der Waals surface area contributed by atoms with Gasteiger partial charge in [-0.2, -0.15) is 0 Å². The molecule has 0 aliphatic carbocycles. The van der Waals surface area contributed by atoms with Gasteiger partial charge in [0.15, 0.2) is 0 Å². The van der Waals surface area contributed by atoms with Gasteiger partial charge in [-0.1, -0.05) is 26.1 Å². The maximum Gasteiger partial charge on any atom is 0.246 e. The summed E-state index contributed by atoms with van der Waals surface area (Å²) in [5.74, 6) is 0.662. The highest BCUT2D eigenvalue weighted by atomic mass is 32.1.